The van der Waals surface area contributed by atoms with Crippen LogP contribution in [-0.2, 0) is 0 Å². The van der Waals surface area contributed by atoms with Crippen molar-refractivity contribution in [2.24, 2.45) is 0 Å². The summed E-state index contributed by atoms with van der Waals surface area (Å²) in [5, 5.41) is 11.6. The molecular formula is C24H18FN3O4. The second kappa shape index (κ2) is 8.73. The van der Waals surface area contributed by atoms with Gasteiger partial charge in [-0.05, 0) is 55.0 Å². The van der Waals surface area contributed by atoms with E-state index in [-0.39, 0.29) is 11.3 Å². The number of carboxylic acid groups (broad SMARTS) is 1. The van der Waals surface area contributed by atoms with Crippen molar-refractivity contribution in [3.8, 4) is 22.9 Å². The number of anilines is 1. The number of hydrogen-bond acceptors (Lipinski definition) is 4. The lowest BCUT2D eigenvalue weighted by Gasteiger charge is -2.10. The number of benzene rings is 2. The summed E-state index contributed by atoms with van der Waals surface area (Å²) in [5.74, 6) is -1.18. The zero-order valence-electron chi connectivity index (χ0n) is 16.9. The number of aromatic carboxylic acids is 1. The van der Waals surface area contributed by atoms with Crippen molar-refractivity contribution in [2.45, 2.75) is 6.92 Å². The quantitative estimate of drug-likeness (QED) is 0.386. The van der Waals surface area contributed by atoms with Gasteiger partial charge in [0.15, 0.2) is 0 Å². The third-order valence-electron chi connectivity index (χ3n) is 4.64. The Labute approximate surface area is 182 Å². The third-order valence-corrected chi connectivity index (χ3v) is 4.64. The van der Waals surface area contributed by atoms with Crippen LogP contribution in [0.15, 0.2) is 73.1 Å². The van der Waals surface area contributed by atoms with Crippen LogP contribution in [0.1, 0.15) is 26.3 Å². The Bertz CT molecular complexity index is 1320. The summed E-state index contributed by atoms with van der Waals surface area (Å²) in [6, 6.07) is 15.7. The number of aromatic amines is 1. The maximum atomic E-state index is 14.0. The first-order valence-corrected chi connectivity index (χ1v) is 9.62. The van der Waals surface area contributed by atoms with E-state index < -0.39 is 17.7 Å². The van der Waals surface area contributed by atoms with E-state index in [1.165, 1.54) is 24.5 Å². The molecule has 0 aliphatic carbocycles. The molecule has 4 rings (SSSR count). The maximum Gasteiger partial charge on any atom is 0.337 e. The molecule has 0 atom stereocenters. The van der Waals surface area contributed by atoms with E-state index in [1.807, 2.05) is 6.92 Å². The fourth-order valence-electron chi connectivity index (χ4n) is 3.05. The van der Waals surface area contributed by atoms with Gasteiger partial charge in [0, 0.05) is 24.0 Å². The van der Waals surface area contributed by atoms with Crippen molar-refractivity contribution in [3.05, 3.63) is 95.6 Å². The van der Waals surface area contributed by atoms with Gasteiger partial charge in [-0.1, -0.05) is 12.1 Å². The molecule has 0 bridgehead atoms. The third kappa shape index (κ3) is 4.65. The summed E-state index contributed by atoms with van der Waals surface area (Å²) in [6.45, 7) is 1.81. The van der Waals surface area contributed by atoms with E-state index in [2.05, 4.69) is 15.3 Å². The monoisotopic (exact) mass is 431 g/mol. The normalized spacial score (nSPS) is 10.6. The smallest absolute Gasteiger partial charge is 0.337 e. The van der Waals surface area contributed by atoms with Crippen LogP contribution in [-0.4, -0.2) is 27.0 Å². The standard InChI is InChI=1S/C24H18FN3O4/c1-14-5-6-19(25)20(9-14)28-23(29)15-3-2-4-17(10-15)32-18-7-8-26-22(12-18)21-11-16(13-27-21)24(30)31/h2-13,27H,1H3,(H,28,29)(H,30,31). The van der Waals surface area contributed by atoms with Crippen LogP contribution in [0.25, 0.3) is 11.4 Å². The molecule has 0 fully saturated rings. The van der Waals surface area contributed by atoms with Gasteiger partial charge in [0.05, 0.1) is 22.6 Å². The number of nitrogens with zero attached hydrogens (tertiary/aromatic N) is 1. The van der Waals surface area contributed by atoms with Crippen LogP contribution < -0.4 is 10.1 Å². The van der Waals surface area contributed by atoms with Crippen molar-refractivity contribution in [2.75, 3.05) is 5.32 Å². The van der Waals surface area contributed by atoms with E-state index in [0.29, 0.717) is 28.5 Å². The SMILES string of the molecule is Cc1ccc(F)c(NC(=O)c2cccc(Oc3ccnc(-c4cc(C(=O)O)c[nH]4)c3)c2)c1. The minimum absolute atomic E-state index is 0.103. The van der Waals surface area contributed by atoms with Crippen molar-refractivity contribution in [3.63, 3.8) is 0 Å². The lowest BCUT2D eigenvalue weighted by Crippen LogP contribution is -2.13. The summed E-state index contributed by atoms with van der Waals surface area (Å²) < 4.78 is 19.8. The molecule has 0 aliphatic rings. The summed E-state index contributed by atoms with van der Waals surface area (Å²) in [6.07, 6.45) is 2.91. The number of carboxylic acids is 1. The summed E-state index contributed by atoms with van der Waals surface area (Å²) in [7, 11) is 0. The molecule has 7 nitrogen and oxygen atoms in total. The molecular weight excluding hydrogens is 413 g/mol. The summed E-state index contributed by atoms with van der Waals surface area (Å²) >= 11 is 0. The van der Waals surface area contributed by atoms with Crippen molar-refractivity contribution in [1.82, 2.24) is 9.97 Å². The molecule has 0 unspecified atom stereocenters. The van der Waals surface area contributed by atoms with E-state index in [4.69, 9.17) is 9.84 Å². The van der Waals surface area contributed by atoms with Gasteiger partial charge in [0.25, 0.3) is 5.91 Å². The van der Waals surface area contributed by atoms with Crippen molar-refractivity contribution < 1.29 is 23.8 Å². The van der Waals surface area contributed by atoms with E-state index >= 15 is 0 Å². The molecule has 0 spiro atoms. The van der Waals surface area contributed by atoms with Gasteiger partial charge in [0.2, 0.25) is 0 Å². The molecule has 2 aromatic heterocycles. The number of rotatable bonds is 6. The van der Waals surface area contributed by atoms with Crippen LogP contribution in [0.2, 0.25) is 0 Å². The number of aryl methyl sites for hydroxylation is 1. The first-order chi connectivity index (χ1) is 15.4. The van der Waals surface area contributed by atoms with E-state index in [1.54, 1.807) is 48.5 Å². The fraction of sp³-hybridized carbons (Fsp3) is 0.0417. The zero-order chi connectivity index (χ0) is 22.7. The molecule has 160 valence electrons. The van der Waals surface area contributed by atoms with Crippen LogP contribution in [0.5, 0.6) is 11.5 Å². The number of hydrogen-bond donors (Lipinski definition) is 3. The molecule has 0 aliphatic heterocycles. The molecule has 0 saturated carbocycles. The number of aromatic nitrogens is 2. The Morgan fingerprint density at radius 3 is 2.62 bits per heavy atom. The number of nitrogens with one attached hydrogen (secondary N) is 2. The predicted molar refractivity (Wildman–Crippen MR) is 117 cm³/mol. The highest BCUT2D eigenvalue weighted by Gasteiger charge is 2.12. The lowest BCUT2D eigenvalue weighted by molar-refractivity contribution is 0.0697. The van der Waals surface area contributed by atoms with Crippen LogP contribution in [0.4, 0.5) is 10.1 Å². The lowest BCUT2D eigenvalue weighted by atomic mass is 10.1. The fourth-order valence-corrected chi connectivity index (χ4v) is 3.05. The second-order valence-electron chi connectivity index (χ2n) is 7.05. The van der Waals surface area contributed by atoms with Crippen LogP contribution >= 0.6 is 0 Å². The molecule has 0 saturated heterocycles. The molecule has 1 amide bonds. The van der Waals surface area contributed by atoms with Crippen molar-refractivity contribution >= 4 is 17.6 Å². The zero-order valence-corrected chi connectivity index (χ0v) is 16.9. The Hall–Kier alpha value is -4.46. The average Bonchev–Trinajstić information content (AvgIpc) is 3.27. The van der Waals surface area contributed by atoms with Gasteiger partial charge in [-0.15, -0.1) is 0 Å². The Kier molecular flexibility index (Phi) is 5.67. The molecule has 3 N–H and O–H groups in total. The highest BCUT2D eigenvalue weighted by molar-refractivity contribution is 6.04. The number of carbonyl (C=O) groups is 2. The molecule has 32 heavy (non-hydrogen) atoms. The number of amides is 1. The van der Waals surface area contributed by atoms with E-state index in [9.17, 15) is 14.0 Å². The van der Waals surface area contributed by atoms with Gasteiger partial charge < -0.3 is 20.1 Å². The van der Waals surface area contributed by atoms with Crippen LogP contribution in [0.3, 0.4) is 0 Å². The maximum absolute atomic E-state index is 14.0. The summed E-state index contributed by atoms with van der Waals surface area (Å²) in [4.78, 5) is 30.8. The number of H-pyrrole nitrogens is 1. The second-order valence-corrected chi connectivity index (χ2v) is 7.05. The minimum Gasteiger partial charge on any atom is -0.478 e. The highest BCUT2D eigenvalue weighted by Crippen LogP contribution is 2.26. The minimum atomic E-state index is -1.04. The van der Waals surface area contributed by atoms with Gasteiger partial charge >= 0.3 is 5.97 Å². The predicted octanol–water partition coefficient (Wildman–Crippen LogP) is 5.27. The van der Waals surface area contributed by atoms with Gasteiger partial charge in [-0.2, -0.15) is 0 Å². The van der Waals surface area contributed by atoms with Gasteiger partial charge in [-0.3, -0.25) is 9.78 Å². The number of pyridine rings is 1. The van der Waals surface area contributed by atoms with Crippen molar-refractivity contribution in [1.29, 1.82) is 0 Å². The Morgan fingerprint density at radius 2 is 1.84 bits per heavy atom. The topological polar surface area (TPSA) is 104 Å². The number of ether oxygens (including phenoxy) is 1. The number of halogens is 1. The first-order valence-electron chi connectivity index (χ1n) is 9.62. The van der Waals surface area contributed by atoms with Gasteiger partial charge in [-0.25, -0.2) is 9.18 Å². The first kappa shape index (κ1) is 20.8. The molecule has 8 heteroatoms. The number of carbonyl (C=O) groups excluding carboxylic acids is 1. The van der Waals surface area contributed by atoms with Gasteiger partial charge in [0.1, 0.15) is 17.3 Å². The van der Waals surface area contributed by atoms with E-state index in [0.717, 1.165) is 5.56 Å². The Balaban J connectivity index is 1.52. The Morgan fingerprint density at radius 1 is 1.03 bits per heavy atom. The summed E-state index contributed by atoms with van der Waals surface area (Å²) in [5.41, 5.74) is 2.38. The average molecular weight is 431 g/mol. The molecule has 2 aromatic carbocycles. The molecule has 4 aromatic rings. The molecule has 2 heterocycles. The van der Waals surface area contributed by atoms with Crippen LogP contribution in [0, 0.1) is 12.7 Å². The highest BCUT2D eigenvalue weighted by atomic mass is 19.1. The molecule has 0 radical (unpaired) electrons. The largest absolute Gasteiger partial charge is 0.478 e.